The summed E-state index contributed by atoms with van der Waals surface area (Å²) in [6.45, 7) is 1.69. The highest BCUT2D eigenvalue weighted by Crippen LogP contribution is 2.32. The lowest BCUT2D eigenvalue weighted by Gasteiger charge is -2.12. The number of nitro benzene ring substituents is 1. The van der Waals surface area contributed by atoms with Crippen LogP contribution < -0.4 is 16.8 Å². The summed E-state index contributed by atoms with van der Waals surface area (Å²) in [5.74, 6) is 0. The van der Waals surface area contributed by atoms with Crippen LogP contribution in [-0.4, -0.2) is 11.1 Å². The van der Waals surface area contributed by atoms with E-state index in [1.54, 1.807) is 6.92 Å². The number of nitrogens with zero attached hydrogens (tertiary/aromatic N) is 1. The van der Waals surface area contributed by atoms with E-state index in [0.29, 0.717) is 10.7 Å². The number of rotatable bonds is 3. The maximum atomic E-state index is 10.6. The second-order valence-corrected chi connectivity index (χ2v) is 3.49. The summed E-state index contributed by atoms with van der Waals surface area (Å²) in [6.07, 6.45) is -0.356. The summed E-state index contributed by atoms with van der Waals surface area (Å²) < 4.78 is 0. The molecule has 6 nitrogen and oxygen atoms in total. The molecule has 0 aliphatic rings. The highest BCUT2D eigenvalue weighted by molar-refractivity contribution is 6.33. The van der Waals surface area contributed by atoms with Gasteiger partial charge in [0.1, 0.15) is 5.69 Å². The van der Waals surface area contributed by atoms with E-state index >= 15 is 0 Å². The second kappa shape index (κ2) is 4.33. The van der Waals surface area contributed by atoms with Gasteiger partial charge in [0, 0.05) is 6.07 Å². The number of hydrogen-bond donors (Lipinski definition) is 3. The zero-order valence-corrected chi connectivity index (χ0v) is 8.78. The largest absolute Gasteiger partial charge is 0.393 e. The van der Waals surface area contributed by atoms with Gasteiger partial charge in [-0.1, -0.05) is 11.6 Å². The van der Waals surface area contributed by atoms with Gasteiger partial charge in [-0.2, -0.15) is 0 Å². The second-order valence-electron chi connectivity index (χ2n) is 3.08. The Bertz CT molecular complexity index is 394. The van der Waals surface area contributed by atoms with Crippen LogP contribution in [0.25, 0.3) is 0 Å². The fourth-order valence-corrected chi connectivity index (χ4v) is 1.32. The third-order valence-corrected chi connectivity index (χ3v) is 2.01. The molecule has 15 heavy (non-hydrogen) atoms. The lowest BCUT2D eigenvalue weighted by Crippen LogP contribution is -2.25. The summed E-state index contributed by atoms with van der Waals surface area (Å²) in [5, 5.41) is 13.7. The molecule has 7 heteroatoms. The number of nitrogens with two attached hydrogens (primary N) is 2. The minimum absolute atomic E-state index is 0.0280. The fourth-order valence-electron chi connectivity index (χ4n) is 1.09. The summed E-state index contributed by atoms with van der Waals surface area (Å²) >= 11 is 5.83. The van der Waals surface area contributed by atoms with Crippen LogP contribution >= 0.6 is 11.6 Å². The highest BCUT2D eigenvalue weighted by atomic mass is 35.5. The number of halogens is 1. The molecular formula is C8H11ClN4O2. The number of benzene rings is 1. The van der Waals surface area contributed by atoms with Crippen molar-refractivity contribution in [2.24, 2.45) is 5.73 Å². The molecule has 0 bridgehead atoms. The van der Waals surface area contributed by atoms with Crippen molar-refractivity contribution in [2.45, 2.75) is 13.1 Å². The SMILES string of the molecule is CC(N)Nc1cc([N+](=O)[O-])c(N)cc1Cl. The summed E-state index contributed by atoms with van der Waals surface area (Å²) in [6, 6.07) is 2.59. The van der Waals surface area contributed by atoms with E-state index in [9.17, 15) is 10.1 Å². The maximum Gasteiger partial charge on any atom is 0.294 e. The zero-order valence-electron chi connectivity index (χ0n) is 8.03. The van der Waals surface area contributed by atoms with Gasteiger partial charge in [0.05, 0.1) is 21.8 Å². The Kier molecular flexibility index (Phi) is 3.33. The summed E-state index contributed by atoms with van der Waals surface area (Å²) in [7, 11) is 0. The van der Waals surface area contributed by atoms with E-state index in [1.165, 1.54) is 12.1 Å². The van der Waals surface area contributed by atoms with Gasteiger partial charge in [-0.3, -0.25) is 10.1 Å². The standard InChI is InChI=1S/C8H11ClN4O2/c1-4(10)12-7-3-8(13(14)15)6(11)2-5(7)9/h2-4,12H,10-11H2,1H3. The van der Waals surface area contributed by atoms with Crippen LogP contribution in [0.2, 0.25) is 5.02 Å². The molecule has 0 aromatic heterocycles. The minimum Gasteiger partial charge on any atom is -0.393 e. The molecule has 0 aliphatic carbocycles. The molecule has 0 heterocycles. The van der Waals surface area contributed by atoms with Gasteiger partial charge in [-0.05, 0) is 13.0 Å². The average Bonchev–Trinajstić information content (AvgIpc) is 2.08. The Balaban J connectivity index is 3.17. The molecule has 0 spiro atoms. The highest BCUT2D eigenvalue weighted by Gasteiger charge is 2.15. The van der Waals surface area contributed by atoms with Crippen molar-refractivity contribution in [2.75, 3.05) is 11.1 Å². The molecule has 1 rings (SSSR count). The molecule has 0 fully saturated rings. The van der Waals surface area contributed by atoms with Crippen LogP contribution in [-0.2, 0) is 0 Å². The van der Waals surface area contributed by atoms with Crippen LogP contribution in [0.15, 0.2) is 12.1 Å². The van der Waals surface area contributed by atoms with Gasteiger partial charge in [0.25, 0.3) is 5.69 Å². The van der Waals surface area contributed by atoms with Crippen molar-refractivity contribution in [1.29, 1.82) is 0 Å². The third kappa shape index (κ3) is 2.71. The normalized spacial score (nSPS) is 12.2. The lowest BCUT2D eigenvalue weighted by molar-refractivity contribution is -0.383. The first kappa shape index (κ1) is 11.5. The van der Waals surface area contributed by atoms with Crippen LogP contribution in [0.5, 0.6) is 0 Å². The molecule has 82 valence electrons. The van der Waals surface area contributed by atoms with Crippen molar-refractivity contribution in [1.82, 2.24) is 0 Å². The van der Waals surface area contributed by atoms with Crippen LogP contribution in [0, 0.1) is 10.1 Å². The minimum atomic E-state index is -0.571. The Labute approximate surface area is 91.3 Å². The predicted octanol–water partition coefficient (Wildman–Crippen LogP) is 1.55. The van der Waals surface area contributed by atoms with E-state index in [4.69, 9.17) is 23.1 Å². The Morgan fingerprint density at radius 1 is 1.60 bits per heavy atom. The van der Waals surface area contributed by atoms with Crippen LogP contribution in [0.3, 0.4) is 0 Å². The van der Waals surface area contributed by atoms with E-state index in [1.807, 2.05) is 0 Å². The molecule has 5 N–H and O–H groups in total. The lowest BCUT2D eigenvalue weighted by atomic mass is 10.2. The number of hydrogen-bond acceptors (Lipinski definition) is 5. The Hall–Kier alpha value is -1.53. The third-order valence-electron chi connectivity index (χ3n) is 1.70. The van der Waals surface area contributed by atoms with E-state index in [-0.39, 0.29) is 17.5 Å². The molecule has 1 aromatic carbocycles. The molecule has 1 unspecified atom stereocenters. The molecule has 1 aromatic rings. The van der Waals surface area contributed by atoms with Gasteiger partial charge in [0.2, 0.25) is 0 Å². The van der Waals surface area contributed by atoms with E-state index < -0.39 is 4.92 Å². The first-order valence-corrected chi connectivity index (χ1v) is 4.55. The molecule has 0 amide bonds. The quantitative estimate of drug-likeness (QED) is 0.316. The molecule has 1 atom stereocenters. The van der Waals surface area contributed by atoms with E-state index in [2.05, 4.69) is 5.32 Å². The van der Waals surface area contributed by atoms with Crippen molar-refractivity contribution in [3.63, 3.8) is 0 Å². The Morgan fingerprint density at radius 2 is 2.20 bits per heavy atom. The molecule has 0 aliphatic heterocycles. The fraction of sp³-hybridized carbons (Fsp3) is 0.250. The van der Waals surface area contributed by atoms with Crippen molar-refractivity contribution < 1.29 is 4.92 Å². The zero-order chi connectivity index (χ0) is 11.6. The number of nitro groups is 1. The van der Waals surface area contributed by atoms with Crippen molar-refractivity contribution in [3.05, 3.63) is 27.3 Å². The smallest absolute Gasteiger partial charge is 0.294 e. The van der Waals surface area contributed by atoms with Crippen molar-refractivity contribution >= 4 is 28.7 Å². The first-order valence-electron chi connectivity index (χ1n) is 4.17. The first-order chi connectivity index (χ1) is 6.91. The number of nitrogen functional groups attached to an aromatic ring is 1. The number of anilines is 2. The van der Waals surface area contributed by atoms with Gasteiger partial charge < -0.3 is 16.8 Å². The van der Waals surface area contributed by atoms with E-state index in [0.717, 1.165) is 0 Å². The monoisotopic (exact) mass is 230 g/mol. The summed E-state index contributed by atoms with van der Waals surface area (Å²) in [5.41, 5.74) is 11.2. The number of nitrogens with one attached hydrogen (secondary N) is 1. The molecule has 0 saturated carbocycles. The van der Waals surface area contributed by atoms with Gasteiger partial charge in [0.15, 0.2) is 0 Å². The maximum absolute atomic E-state index is 10.6. The van der Waals surface area contributed by atoms with Crippen LogP contribution in [0.4, 0.5) is 17.1 Å². The molecule has 0 saturated heterocycles. The van der Waals surface area contributed by atoms with Gasteiger partial charge in [-0.25, -0.2) is 0 Å². The Morgan fingerprint density at radius 3 is 2.67 bits per heavy atom. The molecular weight excluding hydrogens is 220 g/mol. The van der Waals surface area contributed by atoms with Crippen molar-refractivity contribution in [3.8, 4) is 0 Å². The van der Waals surface area contributed by atoms with Gasteiger partial charge >= 0.3 is 0 Å². The van der Waals surface area contributed by atoms with Gasteiger partial charge in [-0.15, -0.1) is 0 Å². The predicted molar refractivity (Wildman–Crippen MR) is 59.8 cm³/mol. The topological polar surface area (TPSA) is 107 Å². The summed E-state index contributed by atoms with van der Waals surface area (Å²) in [4.78, 5) is 10.0. The average molecular weight is 231 g/mol. The van der Waals surface area contributed by atoms with Crippen LogP contribution in [0.1, 0.15) is 6.92 Å². The molecule has 0 radical (unpaired) electrons.